The Morgan fingerprint density at radius 2 is 1.91 bits per heavy atom. The molecule has 4 rings (SSSR count). The van der Waals surface area contributed by atoms with Crippen molar-refractivity contribution in [2.75, 3.05) is 26.0 Å². The number of halogens is 1. The summed E-state index contributed by atoms with van der Waals surface area (Å²) in [5, 5.41) is 0. The van der Waals surface area contributed by atoms with Crippen molar-refractivity contribution in [2.45, 2.75) is 45.9 Å². The molecule has 1 fully saturated rings. The molecular formula is C22H29BrN4O4S. The van der Waals surface area contributed by atoms with Crippen LogP contribution in [0.5, 0.6) is 5.75 Å². The van der Waals surface area contributed by atoms with Gasteiger partial charge in [0.25, 0.3) is 5.56 Å². The predicted molar refractivity (Wildman–Crippen MR) is 126 cm³/mol. The van der Waals surface area contributed by atoms with Crippen LogP contribution >= 0.6 is 15.9 Å². The number of hydrogen-bond donors (Lipinski definition) is 0. The highest BCUT2D eigenvalue weighted by molar-refractivity contribution is 9.10. The van der Waals surface area contributed by atoms with Crippen molar-refractivity contribution in [1.29, 1.82) is 0 Å². The van der Waals surface area contributed by atoms with Crippen LogP contribution in [-0.2, 0) is 36.2 Å². The van der Waals surface area contributed by atoms with Crippen LogP contribution in [0.1, 0.15) is 36.7 Å². The Kier molecular flexibility index (Phi) is 7.04. The number of nitrogens with zero attached hydrogens (tertiary/aromatic N) is 4. The molecule has 0 N–H and O–H groups in total. The number of fused-ring (bicyclic) bond motifs is 1. The molecule has 8 nitrogen and oxygen atoms in total. The molecule has 0 spiro atoms. The standard InChI is InChI=1S/C22H29BrN4O4S/c1-3-27-21(14-25-12-17-4-5-19(23)10-18(17)13-25)24-11-20(22(27)28)31-15-16-6-8-26(9-7-16)32(2,29)30/h4-5,10-11,16H,3,6-9,12-15H2,1-2H3. The summed E-state index contributed by atoms with van der Waals surface area (Å²) < 4.78 is 33.4. The van der Waals surface area contributed by atoms with Crippen molar-refractivity contribution in [1.82, 2.24) is 18.8 Å². The van der Waals surface area contributed by atoms with Gasteiger partial charge in [0.05, 0.1) is 25.6 Å². The quantitative estimate of drug-likeness (QED) is 0.553. The Morgan fingerprint density at radius 1 is 1.19 bits per heavy atom. The number of benzene rings is 1. The van der Waals surface area contributed by atoms with E-state index in [-0.39, 0.29) is 17.2 Å². The van der Waals surface area contributed by atoms with E-state index in [2.05, 4.69) is 44.0 Å². The van der Waals surface area contributed by atoms with Crippen LogP contribution in [0, 0.1) is 5.92 Å². The fourth-order valence-corrected chi connectivity index (χ4v) is 5.70. The number of hydrogen-bond acceptors (Lipinski definition) is 6. The lowest BCUT2D eigenvalue weighted by Crippen LogP contribution is -2.39. The first kappa shape index (κ1) is 23.4. The van der Waals surface area contributed by atoms with E-state index in [4.69, 9.17) is 4.74 Å². The van der Waals surface area contributed by atoms with Crippen LogP contribution in [-0.4, -0.2) is 53.1 Å². The largest absolute Gasteiger partial charge is 0.486 e. The monoisotopic (exact) mass is 524 g/mol. The van der Waals surface area contributed by atoms with Gasteiger partial charge in [0.15, 0.2) is 0 Å². The first-order valence-corrected chi connectivity index (χ1v) is 13.5. The molecule has 1 saturated heterocycles. The molecule has 0 aliphatic carbocycles. The molecule has 1 aromatic heterocycles. The summed E-state index contributed by atoms with van der Waals surface area (Å²) in [6, 6.07) is 6.34. The lowest BCUT2D eigenvalue weighted by Gasteiger charge is -2.30. The Labute approximate surface area is 197 Å². The molecule has 0 saturated carbocycles. The molecule has 0 bridgehead atoms. The summed E-state index contributed by atoms with van der Waals surface area (Å²) in [5.41, 5.74) is 2.44. The van der Waals surface area contributed by atoms with Gasteiger partial charge in [0.1, 0.15) is 5.82 Å². The van der Waals surface area contributed by atoms with Crippen LogP contribution in [0.4, 0.5) is 0 Å². The van der Waals surface area contributed by atoms with Crippen molar-refractivity contribution in [2.24, 2.45) is 5.92 Å². The third kappa shape index (κ3) is 5.24. The van der Waals surface area contributed by atoms with E-state index in [0.717, 1.165) is 36.2 Å². The number of rotatable bonds is 7. The van der Waals surface area contributed by atoms with Crippen LogP contribution < -0.4 is 10.3 Å². The third-order valence-electron chi connectivity index (χ3n) is 6.25. The number of sulfonamides is 1. The molecule has 10 heteroatoms. The fourth-order valence-electron chi connectivity index (χ4n) is 4.42. The Hall–Kier alpha value is -1.75. The Bertz CT molecular complexity index is 1140. The second-order valence-electron chi connectivity index (χ2n) is 8.56. The van der Waals surface area contributed by atoms with Crippen molar-refractivity contribution < 1.29 is 13.2 Å². The zero-order valence-electron chi connectivity index (χ0n) is 18.5. The fraction of sp³-hybridized carbons (Fsp3) is 0.545. The van der Waals surface area contributed by atoms with E-state index < -0.39 is 10.0 Å². The van der Waals surface area contributed by atoms with Crippen molar-refractivity contribution in [3.05, 3.63) is 56.2 Å². The maximum Gasteiger partial charge on any atom is 0.295 e. The topological polar surface area (TPSA) is 84.7 Å². The molecule has 0 amide bonds. The molecule has 2 aliphatic rings. The van der Waals surface area contributed by atoms with Gasteiger partial charge >= 0.3 is 0 Å². The van der Waals surface area contributed by atoms with Gasteiger partial charge in [0, 0.05) is 37.2 Å². The highest BCUT2D eigenvalue weighted by Gasteiger charge is 2.26. The Morgan fingerprint density at radius 3 is 2.59 bits per heavy atom. The molecule has 1 aromatic carbocycles. The van der Waals surface area contributed by atoms with Gasteiger partial charge in [-0.2, -0.15) is 0 Å². The predicted octanol–water partition coefficient (Wildman–Crippen LogP) is 2.59. The second-order valence-corrected chi connectivity index (χ2v) is 11.5. The third-order valence-corrected chi connectivity index (χ3v) is 8.05. The maximum absolute atomic E-state index is 13.0. The normalized spacial score (nSPS) is 18.1. The van der Waals surface area contributed by atoms with E-state index in [1.165, 1.54) is 27.9 Å². The van der Waals surface area contributed by atoms with Gasteiger partial charge in [-0.3, -0.25) is 14.3 Å². The summed E-state index contributed by atoms with van der Waals surface area (Å²) in [7, 11) is -3.14. The van der Waals surface area contributed by atoms with Crippen molar-refractivity contribution in [3.8, 4) is 5.75 Å². The van der Waals surface area contributed by atoms with Gasteiger partial charge in [-0.25, -0.2) is 17.7 Å². The highest BCUT2D eigenvalue weighted by atomic mass is 79.9. The van der Waals surface area contributed by atoms with Gasteiger partial charge < -0.3 is 4.74 Å². The molecule has 32 heavy (non-hydrogen) atoms. The van der Waals surface area contributed by atoms with Crippen molar-refractivity contribution in [3.63, 3.8) is 0 Å². The lowest BCUT2D eigenvalue weighted by atomic mass is 9.99. The first-order valence-electron chi connectivity index (χ1n) is 10.9. The van der Waals surface area contributed by atoms with Crippen LogP contribution in [0.2, 0.25) is 0 Å². The van der Waals surface area contributed by atoms with Crippen LogP contribution in [0.15, 0.2) is 33.7 Å². The van der Waals surface area contributed by atoms with Gasteiger partial charge in [-0.05, 0) is 48.9 Å². The van der Waals surface area contributed by atoms with Crippen molar-refractivity contribution >= 4 is 26.0 Å². The minimum Gasteiger partial charge on any atom is -0.486 e. The molecule has 2 aromatic rings. The Balaban J connectivity index is 1.38. The maximum atomic E-state index is 13.0. The summed E-state index contributed by atoms with van der Waals surface area (Å²) in [6.45, 7) is 6.12. The van der Waals surface area contributed by atoms with E-state index >= 15 is 0 Å². The molecule has 0 unspecified atom stereocenters. The molecule has 3 heterocycles. The SMILES string of the molecule is CCn1c(CN2Cc3ccc(Br)cc3C2)ncc(OCC2CCN(S(C)(=O)=O)CC2)c1=O. The summed E-state index contributed by atoms with van der Waals surface area (Å²) in [4.78, 5) is 19.8. The molecule has 0 radical (unpaired) electrons. The molecule has 0 atom stereocenters. The summed E-state index contributed by atoms with van der Waals surface area (Å²) >= 11 is 3.53. The van der Waals surface area contributed by atoms with Crippen LogP contribution in [0.3, 0.4) is 0 Å². The smallest absolute Gasteiger partial charge is 0.295 e. The summed E-state index contributed by atoms with van der Waals surface area (Å²) in [5.74, 6) is 1.22. The molecule has 174 valence electrons. The average Bonchev–Trinajstić information content (AvgIpc) is 3.14. The second kappa shape index (κ2) is 9.62. The van der Waals surface area contributed by atoms with E-state index in [0.29, 0.717) is 32.8 Å². The minimum absolute atomic E-state index is 0.162. The summed E-state index contributed by atoms with van der Waals surface area (Å²) in [6.07, 6.45) is 4.23. The number of ether oxygens (including phenoxy) is 1. The van der Waals surface area contributed by atoms with Crippen LogP contribution in [0.25, 0.3) is 0 Å². The van der Waals surface area contributed by atoms with Gasteiger partial charge in [-0.15, -0.1) is 0 Å². The zero-order chi connectivity index (χ0) is 22.9. The zero-order valence-corrected chi connectivity index (χ0v) is 20.9. The number of piperidine rings is 1. The number of aromatic nitrogens is 2. The van der Waals surface area contributed by atoms with Gasteiger partial charge in [0.2, 0.25) is 15.8 Å². The minimum atomic E-state index is -3.14. The van der Waals surface area contributed by atoms with E-state index in [1.807, 2.05) is 6.92 Å². The lowest BCUT2D eigenvalue weighted by molar-refractivity contribution is 0.182. The molecular weight excluding hydrogens is 496 g/mol. The first-order chi connectivity index (χ1) is 15.2. The van der Waals surface area contributed by atoms with E-state index in [9.17, 15) is 13.2 Å². The van der Waals surface area contributed by atoms with Gasteiger partial charge in [-0.1, -0.05) is 22.0 Å². The average molecular weight is 525 g/mol. The van der Waals surface area contributed by atoms with E-state index in [1.54, 1.807) is 4.57 Å². The highest BCUT2D eigenvalue weighted by Crippen LogP contribution is 2.27. The molecule has 2 aliphatic heterocycles.